The molecule has 0 saturated carbocycles. The monoisotopic (exact) mass is 452 g/mol. The zero-order chi connectivity index (χ0) is 17.3. The predicted molar refractivity (Wildman–Crippen MR) is 112 cm³/mol. The van der Waals surface area contributed by atoms with E-state index in [4.69, 9.17) is 4.74 Å². The molecule has 3 heteroatoms. The van der Waals surface area contributed by atoms with Crippen molar-refractivity contribution in [2.24, 2.45) is 0 Å². The molecule has 0 unspecified atom stereocenters. The van der Waals surface area contributed by atoms with E-state index in [9.17, 15) is 0 Å². The molecule has 0 amide bonds. The van der Waals surface area contributed by atoms with E-state index < -0.39 is 0 Å². The van der Waals surface area contributed by atoms with Crippen LogP contribution in [-0.4, -0.2) is 0 Å². The number of ether oxygens (including phenoxy) is 1. The Morgan fingerprint density at radius 3 is 2.12 bits per heavy atom. The number of benzene rings is 4. The van der Waals surface area contributed by atoms with Crippen molar-refractivity contribution >= 4 is 53.4 Å². The second-order valence-electron chi connectivity index (χ2n) is 6.62. The number of rotatable bonds is 0. The molecule has 4 aromatic rings. The third kappa shape index (κ3) is 2.19. The second kappa shape index (κ2) is 5.33. The van der Waals surface area contributed by atoms with Crippen LogP contribution in [0.3, 0.4) is 0 Å². The van der Waals surface area contributed by atoms with Crippen LogP contribution in [0.15, 0.2) is 57.5 Å². The van der Waals surface area contributed by atoms with E-state index in [1.807, 2.05) is 0 Å². The Kier molecular flexibility index (Phi) is 3.28. The van der Waals surface area contributed by atoms with Crippen molar-refractivity contribution in [1.29, 1.82) is 0 Å². The number of aryl methyl sites for hydroxylation is 2. The molecule has 0 saturated heterocycles. The molecule has 5 rings (SSSR count). The predicted octanol–water partition coefficient (Wildman–Crippen LogP) is 7.91. The summed E-state index contributed by atoms with van der Waals surface area (Å²) in [5.41, 5.74) is 5.02. The lowest BCUT2D eigenvalue weighted by Crippen LogP contribution is -2.00. The fourth-order valence-corrected chi connectivity index (χ4v) is 5.01. The zero-order valence-electron chi connectivity index (χ0n) is 13.8. The van der Waals surface area contributed by atoms with Gasteiger partial charge in [-0.2, -0.15) is 0 Å². The van der Waals surface area contributed by atoms with Gasteiger partial charge in [0.05, 0.1) is 0 Å². The maximum atomic E-state index is 6.34. The topological polar surface area (TPSA) is 9.23 Å². The van der Waals surface area contributed by atoms with Crippen molar-refractivity contribution < 1.29 is 4.74 Å². The van der Waals surface area contributed by atoms with Crippen LogP contribution in [0, 0.1) is 13.8 Å². The molecule has 1 heterocycles. The Hall–Kier alpha value is -1.84. The van der Waals surface area contributed by atoms with Gasteiger partial charge in [0, 0.05) is 25.5 Å². The molecule has 0 bridgehead atoms. The van der Waals surface area contributed by atoms with Crippen molar-refractivity contribution in [3.05, 3.63) is 68.6 Å². The standard InChI is InChI=1S/C22H14Br2O/c1-11-3-4-14-9-16(24)10-18-21(14)20(11)22-17(25-18)6-5-13-8-15(23)7-12(2)19(13)22/h3-10H,1-2H3. The maximum Gasteiger partial charge on any atom is 0.137 e. The molecule has 0 aromatic heterocycles. The SMILES string of the molecule is Cc1ccc2cc(Br)cc3c2c1-c1c(ccc2cc(Br)cc(C)c12)O3. The first-order chi connectivity index (χ1) is 12.0. The first kappa shape index (κ1) is 15.4. The van der Waals surface area contributed by atoms with Gasteiger partial charge >= 0.3 is 0 Å². The summed E-state index contributed by atoms with van der Waals surface area (Å²) in [6.45, 7) is 4.35. The molecule has 4 aromatic carbocycles. The van der Waals surface area contributed by atoms with Crippen molar-refractivity contribution in [3.8, 4) is 22.6 Å². The van der Waals surface area contributed by atoms with Gasteiger partial charge in [-0.25, -0.2) is 0 Å². The third-order valence-corrected chi connectivity index (χ3v) is 5.88. The fraction of sp³-hybridized carbons (Fsp3) is 0.0909. The highest BCUT2D eigenvalue weighted by atomic mass is 79.9. The van der Waals surface area contributed by atoms with Crippen LogP contribution < -0.4 is 4.74 Å². The molecule has 0 atom stereocenters. The molecular formula is C22H14Br2O. The fourth-order valence-electron chi connectivity index (χ4n) is 3.96. The van der Waals surface area contributed by atoms with E-state index in [1.165, 1.54) is 43.8 Å². The van der Waals surface area contributed by atoms with E-state index in [-0.39, 0.29) is 0 Å². The molecule has 1 aliphatic heterocycles. The second-order valence-corrected chi connectivity index (χ2v) is 8.45. The van der Waals surface area contributed by atoms with Gasteiger partial charge in [-0.15, -0.1) is 0 Å². The quantitative estimate of drug-likeness (QED) is 0.231. The summed E-state index contributed by atoms with van der Waals surface area (Å²) in [6, 6.07) is 17.2. The Morgan fingerprint density at radius 2 is 1.32 bits per heavy atom. The van der Waals surface area contributed by atoms with Crippen molar-refractivity contribution in [2.75, 3.05) is 0 Å². The molecule has 0 N–H and O–H groups in total. The smallest absolute Gasteiger partial charge is 0.137 e. The first-order valence-corrected chi connectivity index (χ1v) is 9.75. The lowest BCUT2D eigenvalue weighted by Gasteiger charge is -2.25. The minimum absolute atomic E-state index is 0.921. The summed E-state index contributed by atoms with van der Waals surface area (Å²) in [4.78, 5) is 0. The summed E-state index contributed by atoms with van der Waals surface area (Å²) in [7, 11) is 0. The number of hydrogen-bond acceptors (Lipinski definition) is 1. The normalized spacial score (nSPS) is 12.3. The van der Waals surface area contributed by atoms with Gasteiger partial charge in [0.25, 0.3) is 0 Å². The van der Waals surface area contributed by atoms with Crippen molar-refractivity contribution in [1.82, 2.24) is 0 Å². The molecular weight excluding hydrogens is 440 g/mol. The molecule has 0 fully saturated rings. The Labute approximate surface area is 162 Å². The minimum Gasteiger partial charge on any atom is -0.456 e. The summed E-state index contributed by atoms with van der Waals surface area (Å²) >= 11 is 7.23. The van der Waals surface area contributed by atoms with Crippen LogP contribution in [-0.2, 0) is 0 Å². The van der Waals surface area contributed by atoms with Gasteiger partial charge in [0.15, 0.2) is 0 Å². The molecule has 122 valence electrons. The van der Waals surface area contributed by atoms with Gasteiger partial charge in [-0.3, -0.25) is 0 Å². The Balaban J connectivity index is 2.03. The van der Waals surface area contributed by atoms with Crippen LogP contribution in [0.25, 0.3) is 32.7 Å². The van der Waals surface area contributed by atoms with E-state index >= 15 is 0 Å². The maximum absolute atomic E-state index is 6.34. The van der Waals surface area contributed by atoms with E-state index in [2.05, 4.69) is 94.2 Å². The molecule has 1 nitrogen and oxygen atoms in total. The molecule has 1 aliphatic rings. The highest BCUT2D eigenvalue weighted by molar-refractivity contribution is 9.10. The van der Waals surface area contributed by atoms with Gasteiger partial charge in [-0.05, 0) is 71.5 Å². The van der Waals surface area contributed by atoms with Crippen LogP contribution in [0.1, 0.15) is 11.1 Å². The molecule has 0 aliphatic carbocycles. The molecule has 25 heavy (non-hydrogen) atoms. The minimum atomic E-state index is 0.921. The highest BCUT2D eigenvalue weighted by Crippen LogP contribution is 2.52. The van der Waals surface area contributed by atoms with E-state index in [1.54, 1.807) is 0 Å². The van der Waals surface area contributed by atoms with Crippen molar-refractivity contribution in [3.63, 3.8) is 0 Å². The molecule has 0 spiro atoms. The largest absolute Gasteiger partial charge is 0.456 e. The Bertz CT molecular complexity index is 1210. The summed E-state index contributed by atoms with van der Waals surface area (Å²) in [5, 5.41) is 4.89. The van der Waals surface area contributed by atoms with E-state index in [0.29, 0.717) is 0 Å². The number of hydrogen-bond donors (Lipinski definition) is 0. The number of fused-ring (bicyclic) bond motifs is 4. The van der Waals surface area contributed by atoms with Crippen LogP contribution in [0.4, 0.5) is 0 Å². The van der Waals surface area contributed by atoms with Gasteiger partial charge in [0.2, 0.25) is 0 Å². The Morgan fingerprint density at radius 1 is 0.640 bits per heavy atom. The van der Waals surface area contributed by atoms with E-state index in [0.717, 1.165) is 20.4 Å². The average Bonchev–Trinajstić information content (AvgIpc) is 2.56. The third-order valence-electron chi connectivity index (χ3n) is 4.97. The number of halogens is 2. The highest BCUT2D eigenvalue weighted by Gasteiger charge is 2.25. The van der Waals surface area contributed by atoms with Gasteiger partial charge < -0.3 is 4.74 Å². The molecule has 0 radical (unpaired) electrons. The lowest BCUT2D eigenvalue weighted by molar-refractivity contribution is 0.487. The van der Waals surface area contributed by atoms with Crippen LogP contribution in [0.5, 0.6) is 11.5 Å². The van der Waals surface area contributed by atoms with Gasteiger partial charge in [0.1, 0.15) is 11.5 Å². The summed E-state index contributed by atoms with van der Waals surface area (Å²) < 4.78 is 8.48. The van der Waals surface area contributed by atoms with Crippen LogP contribution in [0.2, 0.25) is 0 Å². The summed E-state index contributed by atoms with van der Waals surface area (Å²) in [5.74, 6) is 1.85. The first-order valence-electron chi connectivity index (χ1n) is 8.17. The zero-order valence-corrected chi connectivity index (χ0v) is 17.0. The van der Waals surface area contributed by atoms with Crippen LogP contribution >= 0.6 is 31.9 Å². The summed E-state index contributed by atoms with van der Waals surface area (Å²) in [6.07, 6.45) is 0. The van der Waals surface area contributed by atoms with Crippen molar-refractivity contribution in [2.45, 2.75) is 13.8 Å². The average molecular weight is 454 g/mol. The van der Waals surface area contributed by atoms with Gasteiger partial charge in [-0.1, -0.05) is 50.1 Å². The lowest BCUT2D eigenvalue weighted by atomic mass is 9.87.